The number of nitrogens with one attached hydrogen (secondary N) is 2. The third kappa shape index (κ3) is 6.53. The van der Waals surface area contributed by atoms with Gasteiger partial charge in [-0.2, -0.15) is 0 Å². The fourth-order valence-electron chi connectivity index (χ4n) is 3.70. The number of benzene rings is 2. The zero-order valence-electron chi connectivity index (χ0n) is 21.7. The van der Waals surface area contributed by atoms with Crippen molar-refractivity contribution in [2.75, 3.05) is 23.8 Å². The molecule has 0 unspecified atom stereocenters. The van der Waals surface area contributed by atoms with Gasteiger partial charge in [0.15, 0.2) is 11.4 Å². The smallest absolute Gasteiger partial charge is 0.327 e. The summed E-state index contributed by atoms with van der Waals surface area (Å²) in [7, 11) is 0. The summed E-state index contributed by atoms with van der Waals surface area (Å²) >= 11 is 0. The van der Waals surface area contributed by atoms with Crippen LogP contribution in [0, 0.1) is 0 Å². The average Bonchev–Trinajstić information content (AvgIpc) is 3.53. The van der Waals surface area contributed by atoms with Gasteiger partial charge in [-0.05, 0) is 38.1 Å². The number of anilines is 2. The Kier molecular flexibility index (Phi) is 8.92. The van der Waals surface area contributed by atoms with E-state index in [2.05, 4.69) is 31.3 Å². The molecule has 0 atom stereocenters. The van der Waals surface area contributed by atoms with Crippen molar-refractivity contribution >= 4 is 35.1 Å². The first-order chi connectivity index (χ1) is 19.4. The molecule has 0 saturated heterocycles. The summed E-state index contributed by atoms with van der Waals surface area (Å²) in [5.74, 6) is -2.70. The van der Waals surface area contributed by atoms with Crippen molar-refractivity contribution in [3.8, 4) is 11.4 Å². The molecule has 2 aromatic heterocycles. The molecule has 0 fully saturated rings. The van der Waals surface area contributed by atoms with E-state index in [1.54, 1.807) is 74.5 Å². The topological polar surface area (TPSA) is 172 Å². The van der Waals surface area contributed by atoms with Crippen LogP contribution in [0.1, 0.15) is 34.8 Å². The number of para-hydroxylation sites is 2. The van der Waals surface area contributed by atoms with E-state index in [0.29, 0.717) is 11.4 Å². The van der Waals surface area contributed by atoms with Gasteiger partial charge in [-0.15, -0.1) is 10.2 Å². The number of nitrogens with zero attached hydrogens (tertiary/aromatic N) is 6. The summed E-state index contributed by atoms with van der Waals surface area (Å²) in [6, 6.07) is 17.2. The number of carbonyl (C=O) groups excluding carboxylic acids is 4. The van der Waals surface area contributed by atoms with E-state index in [-0.39, 0.29) is 36.0 Å². The first-order valence-electron chi connectivity index (χ1n) is 12.3. The van der Waals surface area contributed by atoms with Gasteiger partial charge in [-0.3, -0.25) is 19.2 Å². The SMILES string of the molecule is CCOC(=O)Cn1nnc(C(=O)Nc2ccccc2)c1-c1c(C(=O)Nc2ccccc2)nnn1CC(=O)OCC. The number of rotatable bonds is 11. The van der Waals surface area contributed by atoms with Crippen LogP contribution in [0.15, 0.2) is 60.7 Å². The first kappa shape index (κ1) is 27.6. The van der Waals surface area contributed by atoms with Crippen molar-refractivity contribution in [1.82, 2.24) is 30.0 Å². The first-order valence-corrected chi connectivity index (χ1v) is 12.3. The van der Waals surface area contributed by atoms with Crippen LogP contribution in [-0.4, -0.2) is 67.0 Å². The molecule has 0 saturated carbocycles. The number of aromatic nitrogens is 6. The zero-order valence-corrected chi connectivity index (χ0v) is 21.7. The third-order valence-electron chi connectivity index (χ3n) is 5.36. The lowest BCUT2D eigenvalue weighted by molar-refractivity contribution is -0.145. The fourth-order valence-corrected chi connectivity index (χ4v) is 3.70. The number of hydrogen-bond acceptors (Lipinski definition) is 10. The van der Waals surface area contributed by atoms with Gasteiger partial charge in [-0.1, -0.05) is 46.8 Å². The van der Waals surface area contributed by atoms with Gasteiger partial charge in [-0.25, -0.2) is 9.36 Å². The van der Waals surface area contributed by atoms with Gasteiger partial charge in [0.25, 0.3) is 11.8 Å². The van der Waals surface area contributed by atoms with E-state index >= 15 is 0 Å². The van der Waals surface area contributed by atoms with Crippen LogP contribution in [0.4, 0.5) is 11.4 Å². The third-order valence-corrected chi connectivity index (χ3v) is 5.36. The minimum absolute atomic E-state index is 0.0750. The second kappa shape index (κ2) is 12.9. The van der Waals surface area contributed by atoms with Crippen molar-refractivity contribution in [2.45, 2.75) is 26.9 Å². The number of carbonyl (C=O) groups is 4. The van der Waals surface area contributed by atoms with Gasteiger partial charge in [0.05, 0.1) is 13.2 Å². The monoisotopic (exact) mass is 546 g/mol. The summed E-state index contributed by atoms with van der Waals surface area (Å²) in [6.45, 7) is 2.61. The van der Waals surface area contributed by atoms with Crippen molar-refractivity contribution in [3.63, 3.8) is 0 Å². The highest BCUT2D eigenvalue weighted by Crippen LogP contribution is 2.27. The molecular weight excluding hydrogens is 520 g/mol. The summed E-state index contributed by atoms with van der Waals surface area (Å²) < 4.78 is 12.3. The Morgan fingerprint density at radius 1 is 0.650 bits per heavy atom. The molecule has 0 spiro atoms. The van der Waals surface area contributed by atoms with Gasteiger partial charge >= 0.3 is 11.9 Å². The fraction of sp³-hybridized carbons (Fsp3) is 0.231. The number of esters is 2. The van der Waals surface area contributed by atoms with Crippen molar-refractivity contribution in [3.05, 3.63) is 72.1 Å². The zero-order chi connectivity index (χ0) is 28.5. The van der Waals surface area contributed by atoms with E-state index in [1.165, 1.54) is 0 Å². The maximum absolute atomic E-state index is 13.4. The molecule has 0 bridgehead atoms. The van der Waals surface area contributed by atoms with E-state index in [0.717, 1.165) is 9.36 Å². The molecule has 0 radical (unpaired) electrons. The lowest BCUT2D eigenvalue weighted by Crippen LogP contribution is -2.22. The molecule has 2 heterocycles. The second-order valence-corrected chi connectivity index (χ2v) is 8.14. The van der Waals surface area contributed by atoms with Gasteiger partial charge in [0.2, 0.25) is 0 Å². The molecule has 4 aromatic rings. The van der Waals surface area contributed by atoms with Crippen LogP contribution in [0.5, 0.6) is 0 Å². The van der Waals surface area contributed by atoms with E-state index < -0.39 is 36.8 Å². The molecule has 0 aliphatic carbocycles. The van der Waals surface area contributed by atoms with Crippen molar-refractivity contribution in [2.24, 2.45) is 0 Å². The van der Waals surface area contributed by atoms with E-state index in [1.807, 2.05) is 0 Å². The molecule has 2 amide bonds. The van der Waals surface area contributed by atoms with Crippen LogP contribution in [-0.2, 0) is 32.2 Å². The van der Waals surface area contributed by atoms with Crippen LogP contribution < -0.4 is 10.6 Å². The maximum Gasteiger partial charge on any atom is 0.327 e. The van der Waals surface area contributed by atoms with Crippen LogP contribution in [0.3, 0.4) is 0 Å². The molecular formula is C26H26N8O6. The molecule has 206 valence electrons. The largest absolute Gasteiger partial charge is 0.465 e. The number of ether oxygens (including phenoxy) is 2. The average molecular weight is 547 g/mol. The summed E-state index contributed by atoms with van der Waals surface area (Å²) in [5, 5.41) is 21.4. The molecule has 14 heteroatoms. The Bertz CT molecular complexity index is 1390. The maximum atomic E-state index is 13.4. The predicted octanol–water partition coefficient (Wildman–Crippen LogP) is 2.17. The van der Waals surface area contributed by atoms with Crippen LogP contribution >= 0.6 is 0 Å². The summed E-state index contributed by atoms with van der Waals surface area (Å²) in [6.07, 6.45) is 0. The number of amides is 2. The minimum Gasteiger partial charge on any atom is -0.465 e. The van der Waals surface area contributed by atoms with Crippen LogP contribution in [0.25, 0.3) is 11.4 Å². The molecule has 14 nitrogen and oxygen atoms in total. The predicted molar refractivity (Wildman–Crippen MR) is 141 cm³/mol. The van der Waals surface area contributed by atoms with Crippen molar-refractivity contribution < 1.29 is 28.7 Å². The van der Waals surface area contributed by atoms with E-state index in [4.69, 9.17) is 9.47 Å². The van der Waals surface area contributed by atoms with Crippen LogP contribution in [0.2, 0.25) is 0 Å². The highest BCUT2D eigenvalue weighted by atomic mass is 16.5. The molecule has 2 N–H and O–H groups in total. The molecule has 40 heavy (non-hydrogen) atoms. The normalized spacial score (nSPS) is 10.6. The Labute approximate surface area is 228 Å². The lowest BCUT2D eigenvalue weighted by atomic mass is 10.1. The van der Waals surface area contributed by atoms with Crippen molar-refractivity contribution in [1.29, 1.82) is 0 Å². The molecule has 4 rings (SSSR count). The lowest BCUT2D eigenvalue weighted by Gasteiger charge is -2.12. The quantitative estimate of drug-likeness (QED) is 0.266. The number of hydrogen-bond donors (Lipinski definition) is 2. The van der Waals surface area contributed by atoms with E-state index in [9.17, 15) is 19.2 Å². The Morgan fingerprint density at radius 2 is 1.02 bits per heavy atom. The standard InChI is InChI=1S/C26H26N8O6/c1-3-39-19(35)15-33-23(21(29-31-33)25(37)27-17-11-7-5-8-12-17)24-22(26(38)28-18-13-9-6-10-14-18)30-32-34(24)16-20(36)40-4-2/h5-14H,3-4,15-16H2,1-2H3,(H,27,37)(H,28,38). The van der Waals surface area contributed by atoms with Gasteiger partial charge in [0.1, 0.15) is 24.5 Å². The van der Waals surface area contributed by atoms with Gasteiger partial charge in [0, 0.05) is 11.4 Å². The molecule has 2 aromatic carbocycles. The highest BCUT2D eigenvalue weighted by molar-refractivity contribution is 6.10. The molecule has 0 aliphatic heterocycles. The second-order valence-electron chi connectivity index (χ2n) is 8.14. The summed E-state index contributed by atoms with van der Waals surface area (Å²) in [4.78, 5) is 51.6. The Balaban J connectivity index is 1.84. The van der Waals surface area contributed by atoms with Gasteiger partial charge < -0.3 is 20.1 Å². The Morgan fingerprint density at radius 3 is 1.38 bits per heavy atom. The molecule has 0 aliphatic rings. The highest BCUT2D eigenvalue weighted by Gasteiger charge is 2.32. The summed E-state index contributed by atoms with van der Waals surface area (Å²) in [5.41, 5.74) is 0.309. The minimum atomic E-state index is -0.686. The Hall–Kier alpha value is -5.40.